The van der Waals surface area contributed by atoms with Crippen molar-refractivity contribution in [1.82, 2.24) is 9.71 Å². The van der Waals surface area contributed by atoms with Crippen molar-refractivity contribution >= 4 is 15.6 Å². The Balaban J connectivity index is 2.19. The highest BCUT2D eigenvalue weighted by Crippen LogP contribution is 2.57. The molecule has 1 heterocycles. The average molecular weight is 452 g/mol. The van der Waals surface area contributed by atoms with Crippen molar-refractivity contribution < 1.29 is 39.2 Å². The molecule has 0 unspecified atom stereocenters. The van der Waals surface area contributed by atoms with Crippen LogP contribution < -0.4 is 4.72 Å². The second-order valence-electron chi connectivity index (χ2n) is 6.26. The lowest BCUT2D eigenvalue weighted by atomic mass is 9.88. The molecule has 0 fully saturated rings. The van der Waals surface area contributed by atoms with Gasteiger partial charge in [-0.15, -0.1) is 0 Å². The maximum absolute atomic E-state index is 13.5. The van der Waals surface area contributed by atoms with E-state index in [4.69, 9.17) is 0 Å². The maximum atomic E-state index is 13.5. The van der Waals surface area contributed by atoms with Crippen LogP contribution in [0, 0.1) is 11.2 Å². The number of alkyl halides is 6. The van der Waals surface area contributed by atoms with E-state index in [1.54, 1.807) is 4.72 Å². The highest BCUT2D eigenvalue weighted by molar-refractivity contribution is 7.89. The van der Waals surface area contributed by atoms with Gasteiger partial charge in [-0.2, -0.15) is 26.3 Å². The highest BCUT2D eigenvalue weighted by atomic mass is 32.2. The molecule has 0 amide bonds. The van der Waals surface area contributed by atoms with Crippen molar-refractivity contribution in [2.75, 3.05) is 0 Å². The van der Waals surface area contributed by atoms with Crippen molar-refractivity contribution in [3.05, 3.63) is 78.0 Å². The standard InChI is InChI=1S/C18H11F7N2O2S/c19-11-6-7-14(26-10-11)13-8-16(17(20,21)22,18(23,24)25)9-15(13)27-30(28,29)12-4-2-1-3-5-12/h1-10,27H. The molecule has 0 radical (unpaired) electrons. The molecule has 1 aromatic heterocycles. The Morgan fingerprint density at radius 2 is 1.47 bits per heavy atom. The topological polar surface area (TPSA) is 59.1 Å². The summed E-state index contributed by atoms with van der Waals surface area (Å²) in [5.41, 5.74) is -6.70. The number of pyridine rings is 1. The van der Waals surface area contributed by atoms with Gasteiger partial charge in [0.25, 0.3) is 10.0 Å². The molecule has 160 valence electrons. The molecular formula is C18H11F7N2O2S. The van der Waals surface area contributed by atoms with E-state index in [1.807, 2.05) is 0 Å². The van der Waals surface area contributed by atoms with Crippen LogP contribution in [0.3, 0.4) is 0 Å². The van der Waals surface area contributed by atoms with Crippen LogP contribution in [0.4, 0.5) is 30.7 Å². The Hall–Kier alpha value is -2.89. The zero-order valence-electron chi connectivity index (χ0n) is 14.6. The van der Waals surface area contributed by atoms with Crippen molar-refractivity contribution in [2.24, 2.45) is 5.41 Å². The molecule has 3 rings (SSSR count). The Morgan fingerprint density at radius 1 is 0.867 bits per heavy atom. The molecule has 30 heavy (non-hydrogen) atoms. The number of aromatic nitrogens is 1. The van der Waals surface area contributed by atoms with E-state index >= 15 is 0 Å². The summed E-state index contributed by atoms with van der Waals surface area (Å²) < 4.78 is 121. The molecule has 0 saturated heterocycles. The second kappa shape index (κ2) is 7.11. The number of halogens is 7. The molecule has 0 spiro atoms. The highest BCUT2D eigenvalue weighted by Gasteiger charge is 2.70. The first-order chi connectivity index (χ1) is 13.8. The third-order valence-electron chi connectivity index (χ3n) is 4.27. The third kappa shape index (κ3) is 3.78. The number of nitrogens with zero attached hydrogens (tertiary/aromatic N) is 1. The number of benzene rings is 1. The Morgan fingerprint density at radius 3 is 1.97 bits per heavy atom. The average Bonchev–Trinajstić information content (AvgIpc) is 3.03. The van der Waals surface area contributed by atoms with Crippen LogP contribution in [0.5, 0.6) is 0 Å². The quantitative estimate of drug-likeness (QED) is 0.691. The van der Waals surface area contributed by atoms with Gasteiger partial charge in [-0.25, -0.2) is 12.8 Å². The molecule has 1 aromatic carbocycles. The fourth-order valence-corrected chi connectivity index (χ4v) is 3.87. The summed E-state index contributed by atoms with van der Waals surface area (Å²) >= 11 is 0. The fourth-order valence-electron chi connectivity index (χ4n) is 2.78. The third-order valence-corrected chi connectivity index (χ3v) is 5.65. The predicted molar refractivity (Wildman–Crippen MR) is 91.6 cm³/mol. The lowest BCUT2D eigenvalue weighted by Crippen LogP contribution is -2.46. The predicted octanol–water partition coefficient (Wildman–Crippen LogP) is 4.59. The van der Waals surface area contributed by atoms with Gasteiger partial charge in [-0.3, -0.25) is 9.71 Å². The molecule has 12 heteroatoms. The Labute approximate surface area is 165 Å². The molecule has 0 saturated carbocycles. The first kappa shape index (κ1) is 21.8. The molecule has 0 aliphatic heterocycles. The van der Waals surface area contributed by atoms with Crippen molar-refractivity contribution in [3.8, 4) is 0 Å². The lowest BCUT2D eigenvalue weighted by molar-refractivity contribution is -0.301. The van der Waals surface area contributed by atoms with Crippen molar-refractivity contribution in [2.45, 2.75) is 17.2 Å². The summed E-state index contributed by atoms with van der Waals surface area (Å²) in [5, 5.41) is 0. The number of hydrogen-bond donors (Lipinski definition) is 1. The molecule has 1 N–H and O–H groups in total. The monoisotopic (exact) mass is 452 g/mol. The van der Waals surface area contributed by atoms with Crippen LogP contribution in [-0.2, 0) is 10.0 Å². The first-order valence-corrected chi connectivity index (χ1v) is 9.54. The minimum Gasteiger partial charge on any atom is -0.279 e. The van der Waals surface area contributed by atoms with E-state index in [9.17, 15) is 39.2 Å². The lowest BCUT2D eigenvalue weighted by Gasteiger charge is -2.30. The summed E-state index contributed by atoms with van der Waals surface area (Å²) in [7, 11) is -4.53. The summed E-state index contributed by atoms with van der Waals surface area (Å²) in [5.74, 6) is -0.884. The van der Waals surface area contributed by atoms with Gasteiger partial charge in [-0.1, -0.05) is 18.2 Å². The summed E-state index contributed by atoms with van der Waals surface area (Å²) in [6, 6.07) is 7.95. The molecule has 4 nitrogen and oxygen atoms in total. The van der Waals surface area contributed by atoms with E-state index in [0.717, 1.165) is 24.3 Å². The fraction of sp³-hybridized carbons (Fsp3) is 0.167. The minimum absolute atomic E-state index is 0.171. The second-order valence-corrected chi connectivity index (χ2v) is 7.94. The largest absolute Gasteiger partial charge is 0.410 e. The number of sulfonamides is 1. The van der Waals surface area contributed by atoms with Crippen molar-refractivity contribution in [1.29, 1.82) is 0 Å². The summed E-state index contributed by atoms with van der Waals surface area (Å²) in [6.07, 6.45) is -11.5. The number of hydrogen-bond acceptors (Lipinski definition) is 3. The van der Waals surface area contributed by atoms with Gasteiger partial charge in [0, 0.05) is 5.57 Å². The normalized spacial score (nSPS) is 16.8. The number of nitrogens with one attached hydrogen (secondary N) is 1. The van der Waals surface area contributed by atoms with Gasteiger partial charge in [0.05, 0.1) is 22.5 Å². The van der Waals surface area contributed by atoms with E-state index in [-0.39, 0.29) is 17.0 Å². The summed E-state index contributed by atoms with van der Waals surface area (Å²) in [6.45, 7) is 0. The molecule has 1 aliphatic carbocycles. The molecule has 1 aliphatic rings. The van der Waals surface area contributed by atoms with Gasteiger partial charge >= 0.3 is 12.4 Å². The first-order valence-electron chi connectivity index (χ1n) is 8.06. The molecule has 0 bridgehead atoms. The SMILES string of the molecule is O=S(=O)(NC1=CC(C(F)(F)F)(C(F)(F)F)C=C1c1ccc(F)cn1)c1ccccc1. The van der Waals surface area contributed by atoms with Crippen LogP contribution in [0.1, 0.15) is 5.69 Å². The molecule has 0 atom stereocenters. The van der Waals surface area contributed by atoms with Crippen LogP contribution in [0.15, 0.2) is 71.4 Å². The maximum Gasteiger partial charge on any atom is 0.410 e. The summed E-state index contributed by atoms with van der Waals surface area (Å²) in [4.78, 5) is 3.11. The smallest absolute Gasteiger partial charge is 0.279 e. The zero-order valence-corrected chi connectivity index (χ0v) is 15.4. The Bertz CT molecular complexity index is 1090. The molecular weight excluding hydrogens is 441 g/mol. The molecule has 2 aromatic rings. The number of rotatable bonds is 4. The van der Waals surface area contributed by atoms with Crippen LogP contribution in [0.25, 0.3) is 5.57 Å². The zero-order chi connectivity index (χ0) is 22.4. The number of allylic oxidation sites excluding steroid dienone is 3. The van der Waals surface area contributed by atoms with E-state index in [1.165, 1.54) is 18.2 Å². The van der Waals surface area contributed by atoms with Crippen LogP contribution >= 0.6 is 0 Å². The van der Waals surface area contributed by atoms with Gasteiger partial charge in [0.15, 0.2) is 0 Å². The van der Waals surface area contributed by atoms with Crippen LogP contribution in [0.2, 0.25) is 0 Å². The van der Waals surface area contributed by atoms with E-state index < -0.39 is 50.6 Å². The van der Waals surface area contributed by atoms with Gasteiger partial charge in [0.1, 0.15) is 5.82 Å². The van der Waals surface area contributed by atoms with Gasteiger partial charge < -0.3 is 0 Å². The van der Waals surface area contributed by atoms with E-state index in [2.05, 4.69) is 4.98 Å². The Kier molecular flexibility index (Phi) is 5.17. The minimum atomic E-state index is -5.84. The van der Waals surface area contributed by atoms with Crippen LogP contribution in [-0.4, -0.2) is 25.8 Å². The van der Waals surface area contributed by atoms with Gasteiger partial charge in [-0.05, 0) is 36.4 Å². The van der Waals surface area contributed by atoms with Gasteiger partial charge in [0.2, 0.25) is 5.41 Å². The van der Waals surface area contributed by atoms with E-state index in [0.29, 0.717) is 6.20 Å². The van der Waals surface area contributed by atoms with Crippen molar-refractivity contribution in [3.63, 3.8) is 0 Å².